The lowest BCUT2D eigenvalue weighted by Crippen LogP contribution is -2.38. The number of aromatic nitrogens is 2. The van der Waals surface area contributed by atoms with Crippen LogP contribution < -0.4 is 5.56 Å². The van der Waals surface area contributed by atoms with E-state index in [2.05, 4.69) is 23.7 Å². The highest BCUT2D eigenvalue weighted by molar-refractivity contribution is 7.18. The van der Waals surface area contributed by atoms with E-state index in [9.17, 15) is 9.90 Å². The standard InChI is InChI=1S/C18H25N3O2S/c1-10-3-4-13-14(9-10)24-18-15(13)17(23)19-16(20-18)11(2)21-7-5-12(22)6-8-21/h10-12,22H,3-9H2,1-2H3,(H,19,20,23). The van der Waals surface area contributed by atoms with Crippen molar-refractivity contribution in [2.24, 2.45) is 5.92 Å². The topological polar surface area (TPSA) is 69.2 Å². The van der Waals surface area contributed by atoms with Gasteiger partial charge in [0.05, 0.1) is 17.5 Å². The van der Waals surface area contributed by atoms with Gasteiger partial charge in [0.15, 0.2) is 0 Å². The Labute approximate surface area is 145 Å². The fraction of sp³-hybridized carbons (Fsp3) is 0.667. The lowest BCUT2D eigenvalue weighted by atomic mass is 9.89. The Bertz CT molecular complexity index is 804. The van der Waals surface area contributed by atoms with Gasteiger partial charge in [-0.3, -0.25) is 9.69 Å². The quantitative estimate of drug-likeness (QED) is 0.876. The van der Waals surface area contributed by atoms with Gasteiger partial charge in [-0.25, -0.2) is 4.98 Å². The molecule has 1 aliphatic heterocycles. The zero-order chi connectivity index (χ0) is 16.8. The zero-order valence-corrected chi connectivity index (χ0v) is 15.2. The van der Waals surface area contributed by atoms with Crippen LogP contribution in [-0.4, -0.2) is 39.2 Å². The van der Waals surface area contributed by atoms with Crippen molar-refractivity contribution in [3.63, 3.8) is 0 Å². The van der Waals surface area contributed by atoms with Crippen LogP contribution in [0.5, 0.6) is 0 Å². The summed E-state index contributed by atoms with van der Waals surface area (Å²) in [4.78, 5) is 25.1. The molecule has 2 aliphatic rings. The highest BCUT2D eigenvalue weighted by Gasteiger charge is 2.26. The molecule has 2 unspecified atom stereocenters. The molecule has 0 spiro atoms. The minimum absolute atomic E-state index is 0.0194. The third-order valence-corrected chi connectivity index (χ3v) is 6.77. The molecule has 1 saturated heterocycles. The predicted molar refractivity (Wildman–Crippen MR) is 96.7 cm³/mol. The van der Waals surface area contributed by atoms with Crippen molar-refractivity contribution < 1.29 is 5.11 Å². The second kappa shape index (κ2) is 6.24. The number of thiophene rings is 1. The van der Waals surface area contributed by atoms with Crippen LogP contribution in [0.2, 0.25) is 0 Å². The Morgan fingerprint density at radius 3 is 2.83 bits per heavy atom. The maximum absolute atomic E-state index is 12.7. The second-order valence-electron chi connectivity index (χ2n) is 7.43. The average molecular weight is 347 g/mol. The Morgan fingerprint density at radius 1 is 1.33 bits per heavy atom. The number of aromatic amines is 1. The predicted octanol–water partition coefficient (Wildman–Crippen LogP) is 2.63. The Kier molecular flexibility index (Phi) is 4.22. The summed E-state index contributed by atoms with van der Waals surface area (Å²) >= 11 is 1.71. The summed E-state index contributed by atoms with van der Waals surface area (Å²) in [5, 5.41) is 10.5. The normalized spacial score (nSPS) is 24.2. The molecular weight excluding hydrogens is 322 g/mol. The molecule has 0 saturated carbocycles. The minimum Gasteiger partial charge on any atom is -0.393 e. The second-order valence-corrected chi connectivity index (χ2v) is 8.51. The monoisotopic (exact) mass is 347 g/mol. The highest BCUT2D eigenvalue weighted by Crippen LogP contribution is 2.36. The van der Waals surface area contributed by atoms with Gasteiger partial charge in [-0.2, -0.15) is 0 Å². The summed E-state index contributed by atoms with van der Waals surface area (Å²) in [5.41, 5.74) is 1.26. The van der Waals surface area contributed by atoms with Crippen LogP contribution in [0.3, 0.4) is 0 Å². The summed E-state index contributed by atoms with van der Waals surface area (Å²) in [7, 11) is 0. The van der Waals surface area contributed by atoms with Crippen molar-refractivity contribution in [2.75, 3.05) is 13.1 Å². The van der Waals surface area contributed by atoms with E-state index < -0.39 is 0 Å². The number of aliphatic hydroxyl groups excluding tert-OH is 1. The molecule has 2 aromatic rings. The van der Waals surface area contributed by atoms with E-state index in [1.165, 1.54) is 10.4 Å². The first-order valence-electron chi connectivity index (χ1n) is 8.99. The van der Waals surface area contributed by atoms with Gasteiger partial charge in [-0.15, -0.1) is 11.3 Å². The lowest BCUT2D eigenvalue weighted by molar-refractivity contribution is 0.0626. The number of rotatable bonds is 2. The maximum Gasteiger partial charge on any atom is 0.259 e. The molecule has 0 radical (unpaired) electrons. The summed E-state index contributed by atoms with van der Waals surface area (Å²) in [6.07, 6.45) is 4.63. The molecule has 2 atom stereocenters. The van der Waals surface area contributed by atoms with Crippen LogP contribution in [0.25, 0.3) is 10.2 Å². The van der Waals surface area contributed by atoms with Crippen LogP contribution >= 0.6 is 11.3 Å². The van der Waals surface area contributed by atoms with Gasteiger partial charge in [0.1, 0.15) is 10.7 Å². The Morgan fingerprint density at radius 2 is 2.08 bits per heavy atom. The van der Waals surface area contributed by atoms with Crippen molar-refractivity contribution in [3.8, 4) is 0 Å². The highest BCUT2D eigenvalue weighted by atomic mass is 32.1. The molecule has 0 amide bonds. The third kappa shape index (κ3) is 2.80. The van der Waals surface area contributed by atoms with Crippen molar-refractivity contribution >= 4 is 21.6 Å². The first-order chi connectivity index (χ1) is 11.5. The zero-order valence-electron chi connectivity index (χ0n) is 14.3. The van der Waals surface area contributed by atoms with Gasteiger partial charge >= 0.3 is 0 Å². The van der Waals surface area contributed by atoms with E-state index in [1.54, 1.807) is 11.3 Å². The van der Waals surface area contributed by atoms with Gasteiger partial charge in [0.25, 0.3) is 5.56 Å². The van der Waals surface area contributed by atoms with E-state index in [1.807, 2.05) is 0 Å². The van der Waals surface area contributed by atoms with Crippen LogP contribution in [-0.2, 0) is 12.8 Å². The number of H-pyrrole nitrogens is 1. The van der Waals surface area contributed by atoms with E-state index in [-0.39, 0.29) is 17.7 Å². The largest absolute Gasteiger partial charge is 0.393 e. The van der Waals surface area contributed by atoms with Gasteiger partial charge in [0.2, 0.25) is 0 Å². The number of likely N-dealkylation sites (tertiary alicyclic amines) is 1. The van der Waals surface area contributed by atoms with E-state index in [0.717, 1.165) is 61.2 Å². The number of aliphatic hydroxyl groups is 1. The van der Waals surface area contributed by atoms with E-state index in [0.29, 0.717) is 5.92 Å². The first-order valence-corrected chi connectivity index (χ1v) is 9.81. The number of nitrogens with zero attached hydrogens (tertiary/aromatic N) is 2. The van der Waals surface area contributed by atoms with Crippen molar-refractivity contribution in [2.45, 2.75) is 58.1 Å². The minimum atomic E-state index is -0.186. The SMILES string of the molecule is CC1CCc2c(sc3nc(C(C)N4CCC(O)CC4)[nH]c(=O)c23)C1. The number of hydrogen-bond acceptors (Lipinski definition) is 5. The fourth-order valence-electron chi connectivity index (χ4n) is 4.01. The molecule has 24 heavy (non-hydrogen) atoms. The van der Waals surface area contributed by atoms with E-state index in [4.69, 9.17) is 4.98 Å². The summed E-state index contributed by atoms with van der Waals surface area (Å²) in [6, 6.07) is 0.0765. The van der Waals surface area contributed by atoms with E-state index >= 15 is 0 Å². The molecule has 1 fully saturated rings. The maximum atomic E-state index is 12.7. The van der Waals surface area contributed by atoms with Crippen LogP contribution in [0.4, 0.5) is 0 Å². The number of piperidine rings is 1. The molecule has 2 N–H and O–H groups in total. The Hall–Kier alpha value is -1.24. The number of hydrogen-bond donors (Lipinski definition) is 2. The summed E-state index contributed by atoms with van der Waals surface area (Å²) in [6.45, 7) is 6.08. The smallest absolute Gasteiger partial charge is 0.259 e. The molecule has 1 aliphatic carbocycles. The first kappa shape index (κ1) is 16.2. The number of nitrogens with one attached hydrogen (secondary N) is 1. The average Bonchev–Trinajstić information content (AvgIpc) is 2.92. The third-order valence-electron chi connectivity index (χ3n) is 5.63. The summed E-state index contributed by atoms with van der Waals surface area (Å²) < 4.78 is 0. The summed E-state index contributed by atoms with van der Waals surface area (Å²) in [5.74, 6) is 1.46. The number of fused-ring (bicyclic) bond motifs is 3. The van der Waals surface area contributed by atoms with Crippen LogP contribution in [0, 0.1) is 5.92 Å². The lowest BCUT2D eigenvalue weighted by Gasteiger charge is -2.33. The van der Waals surface area contributed by atoms with Crippen molar-refractivity contribution in [1.29, 1.82) is 0 Å². The van der Waals surface area contributed by atoms with Gasteiger partial charge < -0.3 is 10.1 Å². The molecule has 4 rings (SSSR count). The molecular formula is C18H25N3O2S. The molecule has 5 nitrogen and oxygen atoms in total. The Balaban J connectivity index is 1.69. The van der Waals surface area contributed by atoms with Crippen molar-refractivity contribution in [3.05, 3.63) is 26.6 Å². The molecule has 6 heteroatoms. The van der Waals surface area contributed by atoms with Crippen molar-refractivity contribution in [1.82, 2.24) is 14.9 Å². The van der Waals surface area contributed by atoms with Gasteiger partial charge in [0, 0.05) is 18.0 Å². The van der Waals surface area contributed by atoms with Crippen LogP contribution in [0.1, 0.15) is 55.4 Å². The molecule has 130 valence electrons. The van der Waals surface area contributed by atoms with Gasteiger partial charge in [-0.05, 0) is 50.5 Å². The fourth-order valence-corrected chi connectivity index (χ4v) is 5.40. The number of aryl methyl sites for hydroxylation is 1. The molecule has 2 aromatic heterocycles. The van der Waals surface area contributed by atoms with Crippen LogP contribution in [0.15, 0.2) is 4.79 Å². The van der Waals surface area contributed by atoms with Gasteiger partial charge in [-0.1, -0.05) is 6.92 Å². The molecule has 0 aromatic carbocycles. The molecule has 3 heterocycles. The molecule has 0 bridgehead atoms.